The Balaban J connectivity index is 2.29. The average molecular weight is 163 g/mol. The van der Waals surface area contributed by atoms with Crippen molar-refractivity contribution in [1.82, 2.24) is 5.43 Å². The number of nitrogens with one attached hydrogen (secondary N) is 2. The van der Waals surface area contributed by atoms with Crippen LogP contribution in [0.2, 0.25) is 0 Å². The first-order chi connectivity index (χ1) is 5.92. The molecule has 0 radical (unpaired) electrons. The van der Waals surface area contributed by atoms with E-state index in [1.807, 2.05) is 24.3 Å². The number of fused-ring (bicyclic) bond motifs is 1. The van der Waals surface area contributed by atoms with E-state index in [0.717, 1.165) is 11.4 Å². The van der Waals surface area contributed by atoms with Gasteiger partial charge in [0.2, 0.25) is 6.41 Å². The second-order valence-electron chi connectivity index (χ2n) is 2.53. The van der Waals surface area contributed by atoms with E-state index in [1.54, 1.807) is 5.01 Å². The Bertz CT molecular complexity index is 300. The summed E-state index contributed by atoms with van der Waals surface area (Å²) in [5, 5.41) is 4.89. The lowest BCUT2D eigenvalue weighted by molar-refractivity contribution is -0.109. The van der Waals surface area contributed by atoms with E-state index in [1.165, 1.54) is 0 Å². The fourth-order valence-electron chi connectivity index (χ4n) is 1.29. The van der Waals surface area contributed by atoms with Crippen molar-refractivity contribution >= 4 is 17.8 Å². The highest BCUT2D eigenvalue weighted by Crippen LogP contribution is 2.28. The van der Waals surface area contributed by atoms with Gasteiger partial charge in [-0.3, -0.25) is 15.2 Å². The Morgan fingerprint density at radius 1 is 1.50 bits per heavy atom. The van der Waals surface area contributed by atoms with Crippen molar-refractivity contribution in [3.8, 4) is 0 Å². The largest absolute Gasteiger partial charge is 0.365 e. The summed E-state index contributed by atoms with van der Waals surface area (Å²) in [4.78, 5) is 10.2. The monoisotopic (exact) mass is 163 g/mol. The standard InChI is InChI=1S/C8H9N3O/c12-6-10-11-5-9-7-3-1-2-4-8(7)11/h1-4,6,9H,5H2,(H,10,12). The molecule has 1 heterocycles. The zero-order chi connectivity index (χ0) is 8.39. The van der Waals surface area contributed by atoms with Gasteiger partial charge in [-0.1, -0.05) is 12.1 Å². The third kappa shape index (κ3) is 0.972. The van der Waals surface area contributed by atoms with Crippen molar-refractivity contribution in [3.05, 3.63) is 24.3 Å². The van der Waals surface area contributed by atoms with Crippen LogP contribution < -0.4 is 15.8 Å². The number of nitrogens with zero attached hydrogens (tertiary/aromatic N) is 1. The molecule has 0 aliphatic carbocycles. The van der Waals surface area contributed by atoms with Crippen LogP contribution >= 0.6 is 0 Å². The van der Waals surface area contributed by atoms with Crippen LogP contribution in [0.25, 0.3) is 0 Å². The van der Waals surface area contributed by atoms with Gasteiger partial charge in [0.05, 0.1) is 11.4 Å². The summed E-state index contributed by atoms with van der Waals surface area (Å²) in [6, 6.07) is 7.81. The van der Waals surface area contributed by atoms with Gasteiger partial charge < -0.3 is 5.32 Å². The van der Waals surface area contributed by atoms with E-state index in [0.29, 0.717) is 13.1 Å². The number of benzene rings is 1. The van der Waals surface area contributed by atoms with Crippen LogP contribution in [-0.4, -0.2) is 13.1 Å². The molecule has 0 bridgehead atoms. The Morgan fingerprint density at radius 3 is 3.17 bits per heavy atom. The van der Waals surface area contributed by atoms with Gasteiger partial charge in [-0.05, 0) is 12.1 Å². The fraction of sp³-hybridized carbons (Fsp3) is 0.125. The minimum absolute atomic E-state index is 0.623. The van der Waals surface area contributed by atoms with Crippen LogP contribution in [-0.2, 0) is 4.79 Å². The van der Waals surface area contributed by atoms with Gasteiger partial charge in [0.15, 0.2) is 0 Å². The second-order valence-corrected chi connectivity index (χ2v) is 2.53. The van der Waals surface area contributed by atoms with Crippen LogP contribution in [0.4, 0.5) is 11.4 Å². The smallest absolute Gasteiger partial charge is 0.225 e. The molecule has 2 N–H and O–H groups in total. The lowest BCUT2D eigenvalue weighted by atomic mass is 10.3. The first-order valence-corrected chi connectivity index (χ1v) is 3.72. The molecule has 4 nitrogen and oxygen atoms in total. The maximum atomic E-state index is 10.2. The van der Waals surface area contributed by atoms with E-state index >= 15 is 0 Å². The minimum Gasteiger partial charge on any atom is -0.365 e. The second kappa shape index (κ2) is 2.73. The van der Waals surface area contributed by atoms with Crippen molar-refractivity contribution in [2.45, 2.75) is 0 Å². The van der Waals surface area contributed by atoms with Crippen LogP contribution in [0.1, 0.15) is 0 Å². The minimum atomic E-state index is 0.623. The molecule has 1 aromatic rings. The van der Waals surface area contributed by atoms with E-state index in [-0.39, 0.29) is 0 Å². The highest BCUT2D eigenvalue weighted by atomic mass is 16.1. The summed E-state index contributed by atoms with van der Waals surface area (Å²) in [6.45, 7) is 0.623. The summed E-state index contributed by atoms with van der Waals surface area (Å²) in [7, 11) is 0. The predicted octanol–water partition coefficient (Wildman–Crippen LogP) is 0.537. The molecule has 1 aliphatic rings. The molecular weight excluding hydrogens is 154 g/mol. The third-order valence-electron chi connectivity index (χ3n) is 1.83. The van der Waals surface area contributed by atoms with Crippen molar-refractivity contribution in [3.63, 3.8) is 0 Å². The normalized spacial score (nSPS) is 13.5. The van der Waals surface area contributed by atoms with Crippen molar-refractivity contribution in [2.75, 3.05) is 17.0 Å². The molecule has 0 unspecified atom stereocenters. The SMILES string of the molecule is O=CNN1CNc2ccccc21. The number of para-hydroxylation sites is 2. The van der Waals surface area contributed by atoms with Crippen molar-refractivity contribution in [2.24, 2.45) is 0 Å². The molecule has 0 aromatic heterocycles. The molecule has 12 heavy (non-hydrogen) atoms. The number of anilines is 2. The van der Waals surface area contributed by atoms with Gasteiger partial charge in [0, 0.05) is 0 Å². The van der Waals surface area contributed by atoms with Crippen molar-refractivity contribution in [1.29, 1.82) is 0 Å². The molecule has 0 fully saturated rings. The number of rotatable bonds is 2. The van der Waals surface area contributed by atoms with E-state index < -0.39 is 0 Å². The van der Waals surface area contributed by atoms with Crippen LogP contribution in [0.3, 0.4) is 0 Å². The number of hydrogen-bond donors (Lipinski definition) is 2. The maximum absolute atomic E-state index is 10.2. The average Bonchev–Trinajstić information content (AvgIpc) is 2.50. The summed E-state index contributed by atoms with van der Waals surface area (Å²) in [5.74, 6) is 0. The summed E-state index contributed by atoms with van der Waals surface area (Å²) >= 11 is 0. The topological polar surface area (TPSA) is 44.4 Å². The lowest BCUT2D eigenvalue weighted by Gasteiger charge is -2.14. The van der Waals surface area contributed by atoms with E-state index in [2.05, 4.69) is 10.7 Å². The number of hydrogen-bond acceptors (Lipinski definition) is 3. The molecule has 2 rings (SSSR count). The first kappa shape index (κ1) is 6.97. The Labute approximate surface area is 70.1 Å². The molecule has 4 heteroatoms. The highest BCUT2D eigenvalue weighted by molar-refractivity contribution is 5.75. The molecule has 0 atom stereocenters. The van der Waals surface area contributed by atoms with Gasteiger partial charge >= 0.3 is 0 Å². The zero-order valence-electron chi connectivity index (χ0n) is 6.45. The van der Waals surface area contributed by atoms with Crippen LogP contribution in [0.15, 0.2) is 24.3 Å². The molecule has 62 valence electrons. The molecule has 1 aliphatic heterocycles. The van der Waals surface area contributed by atoms with Gasteiger partial charge in [-0.2, -0.15) is 0 Å². The summed E-state index contributed by atoms with van der Waals surface area (Å²) in [6.07, 6.45) is 0.670. The molecular formula is C8H9N3O. The molecule has 0 saturated carbocycles. The van der Waals surface area contributed by atoms with Crippen LogP contribution in [0.5, 0.6) is 0 Å². The maximum Gasteiger partial charge on any atom is 0.225 e. The zero-order valence-corrected chi connectivity index (χ0v) is 6.45. The van der Waals surface area contributed by atoms with Crippen LogP contribution in [0, 0.1) is 0 Å². The van der Waals surface area contributed by atoms with E-state index in [4.69, 9.17) is 0 Å². The van der Waals surface area contributed by atoms with E-state index in [9.17, 15) is 4.79 Å². The molecule has 0 spiro atoms. The van der Waals surface area contributed by atoms with Gasteiger partial charge in [-0.15, -0.1) is 0 Å². The number of hydrazine groups is 1. The summed E-state index contributed by atoms with van der Waals surface area (Å²) in [5.41, 5.74) is 4.64. The third-order valence-corrected chi connectivity index (χ3v) is 1.83. The highest BCUT2D eigenvalue weighted by Gasteiger charge is 2.15. The predicted molar refractivity (Wildman–Crippen MR) is 46.6 cm³/mol. The van der Waals surface area contributed by atoms with Gasteiger partial charge in [0.25, 0.3) is 0 Å². The quantitative estimate of drug-likeness (QED) is 0.625. The summed E-state index contributed by atoms with van der Waals surface area (Å²) < 4.78 is 0. The number of carbonyl (C=O) groups is 1. The molecule has 1 amide bonds. The number of carbonyl (C=O) groups excluding carboxylic acids is 1. The van der Waals surface area contributed by atoms with Gasteiger partial charge in [-0.25, -0.2) is 0 Å². The first-order valence-electron chi connectivity index (χ1n) is 3.72. The van der Waals surface area contributed by atoms with Gasteiger partial charge in [0.1, 0.15) is 6.67 Å². The van der Waals surface area contributed by atoms with Crippen molar-refractivity contribution < 1.29 is 4.79 Å². The molecule has 0 saturated heterocycles. The molecule has 1 aromatic carbocycles. The Kier molecular flexibility index (Phi) is 1.59. The Morgan fingerprint density at radius 2 is 2.33 bits per heavy atom. The Hall–Kier alpha value is -1.71. The fourth-order valence-corrected chi connectivity index (χ4v) is 1.29. The number of amides is 1. The lowest BCUT2D eigenvalue weighted by Crippen LogP contribution is -2.36.